The third-order valence-corrected chi connectivity index (χ3v) is 4.05. The summed E-state index contributed by atoms with van der Waals surface area (Å²) in [5.74, 6) is 1.25. The summed E-state index contributed by atoms with van der Waals surface area (Å²) in [4.78, 5) is 0. The van der Waals surface area contributed by atoms with E-state index in [2.05, 4.69) is 47.4 Å². The fourth-order valence-electron chi connectivity index (χ4n) is 2.07. The molecule has 0 bridgehead atoms. The lowest BCUT2D eigenvalue weighted by molar-refractivity contribution is -0.552. The van der Waals surface area contributed by atoms with Crippen molar-refractivity contribution in [2.45, 2.75) is 32.2 Å². The van der Waals surface area contributed by atoms with Crippen molar-refractivity contribution in [2.24, 2.45) is 0 Å². The third kappa shape index (κ3) is 3.11. The molecule has 0 fully saturated rings. The highest BCUT2D eigenvalue weighted by Crippen LogP contribution is 2.16. The van der Waals surface area contributed by atoms with Crippen LogP contribution in [0.3, 0.4) is 0 Å². The molecule has 2 heteroatoms. The zero-order chi connectivity index (χ0) is 11.2. The standard InChI is InChI=1S/C14H20NS/c1-2-3-9-15-12-16-11-14(15)10-13-7-5-4-6-8-13/h4-8,12,14H,2-3,9-11H2,1H3/q+1. The SMILES string of the molecule is CCCC[N+]1=CSCC1Cc1ccccc1. The van der Waals surface area contributed by atoms with E-state index in [1.807, 2.05) is 11.8 Å². The molecule has 0 amide bonds. The van der Waals surface area contributed by atoms with Gasteiger partial charge in [-0.1, -0.05) is 55.4 Å². The van der Waals surface area contributed by atoms with Crippen LogP contribution in [0.4, 0.5) is 0 Å². The number of hydrogen-bond donors (Lipinski definition) is 0. The van der Waals surface area contributed by atoms with E-state index in [4.69, 9.17) is 0 Å². The van der Waals surface area contributed by atoms with Crippen molar-refractivity contribution in [1.82, 2.24) is 0 Å². The molecule has 2 rings (SSSR count). The second-order valence-corrected chi connectivity index (χ2v) is 5.25. The molecule has 1 atom stereocenters. The maximum atomic E-state index is 2.53. The molecule has 16 heavy (non-hydrogen) atoms. The van der Waals surface area contributed by atoms with Gasteiger partial charge in [-0.15, -0.1) is 0 Å². The van der Waals surface area contributed by atoms with Crippen molar-refractivity contribution in [3.63, 3.8) is 0 Å². The molecule has 0 aromatic heterocycles. The predicted molar refractivity (Wildman–Crippen MR) is 72.5 cm³/mol. The van der Waals surface area contributed by atoms with Crippen LogP contribution in [0.15, 0.2) is 30.3 Å². The Hall–Kier alpha value is -0.760. The van der Waals surface area contributed by atoms with Gasteiger partial charge in [0.2, 0.25) is 0 Å². The molecule has 0 aliphatic carbocycles. The molecule has 0 N–H and O–H groups in total. The van der Waals surface area contributed by atoms with Crippen LogP contribution in [0.25, 0.3) is 0 Å². The van der Waals surface area contributed by atoms with E-state index in [9.17, 15) is 0 Å². The van der Waals surface area contributed by atoms with Crippen LogP contribution < -0.4 is 0 Å². The van der Waals surface area contributed by atoms with E-state index < -0.39 is 0 Å². The van der Waals surface area contributed by atoms with Gasteiger partial charge in [-0.05, 0) is 5.56 Å². The normalized spacial score (nSPS) is 19.8. The number of hydrogen-bond acceptors (Lipinski definition) is 1. The molecule has 1 aromatic rings. The van der Waals surface area contributed by atoms with Gasteiger partial charge in [0.05, 0.1) is 5.75 Å². The second-order valence-electron chi connectivity index (χ2n) is 4.37. The number of nitrogens with zero attached hydrogens (tertiary/aromatic N) is 1. The van der Waals surface area contributed by atoms with Crippen LogP contribution in [-0.4, -0.2) is 28.5 Å². The maximum Gasteiger partial charge on any atom is 0.198 e. The van der Waals surface area contributed by atoms with E-state index >= 15 is 0 Å². The largest absolute Gasteiger partial charge is 0.227 e. The first kappa shape index (κ1) is 11.7. The summed E-state index contributed by atoms with van der Waals surface area (Å²) in [6, 6.07) is 11.5. The minimum Gasteiger partial charge on any atom is -0.227 e. The van der Waals surface area contributed by atoms with Gasteiger partial charge in [-0.3, -0.25) is 0 Å². The average molecular weight is 234 g/mol. The molecule has 1 aromatic carbocycles. The molecular formula is C14H20NS+. The summed E-state index contributed by atoms with van der Waals surface area (Å²) in [5.41, 5.74) is 3.79. The van der Waals surface area contributed by atoms with E-state index in [0.717, 1.165) is 0 Å². The Labute approximate surface area is 103 Å². The fraction of sp³-hybridized carbons (Fsp3) is 0.500. The zero-order valence-electron chi connectivity index (χ0n) is 9.93. The van der Waals surface area contributed by atoms with Crippen molar-refractivity contribution in [1.29, 1.82) is 0 Å². The highest BCUT2D eigenvalue weighted by molar-refractivity contribution is 8.12. The monoisotopic (exact) mass is 234 g/mol. The van der Waals surface area contributed by atoms with Gasteiger partial charge in [-0.25, -0.2) is 4.58 Å². The predicted octanol–water partition coefficient (Wildman–Crippen LogP) is 3.19. The fourth-order valence-corrected chi connectivity index (χ4v) is 3.16. The van der Waals surface area contributed by atoms with Crippen molar-refractivity contribution in [2.75, 3.05) is 12.3 Å². The number of rotatable bonds is 5. The van der Waals surface area contributed by atoms with Gasteiger partial charge in [0.25, 0.3) is 0 Å². The molecule has 0 saturated carbocycles. The van der Waals surface area contributed by atoms with Gasteiger partial charge in [-0.2, -0.15) is 0 Å². The Kier molecular flexibility index (Phi) is 4.46. The lowest BCUT2D eigenvalue weighted by Gasteiger charge is -2.09. The smallest absolute Gasteiger partial charge is 0.198 e. The van der Waals surface area contributed by atoms with Crippen LogP contribution in [0.1, 0.15) is 25.3 Å². The zero-order valence-corrected chi connectivity index (χ0v) is 10.7. The van der Waals surface area contributed by atoms with Gasteiger partial charge < -0.3 is 0 Å². The quantitative estimate of drug-likeness (QED) is 0.707. The van der Waals surface area contributed by atoms with E-state index in [0.29, 0.717) is 6.04 Å². The summed E-state index contributed by atoms with van der Waals surface area (Å²) in [5, 5.41) is 0. The third-order valence-electron chi connectivity index (χ3n) is 3.05. The molecular weight excluding hydrogens is 214 g/mol. The van der Waals surface area contributed by atoms with Crippen molar-refractivity contribution < 1.29 is 4.58 Å². The van der Waals surface area contributed by atoms with Crippen LogP contribution >= 0.6 is 11.8 Å². The number of benzene rings is 1. The second kappa shape index (κ2) is 6.09. The van der Waals surface area contributed by atoms with Crippen molar-refractivity contribution in [3.8, 4) is 0 Å². The van der Waals surface area contributed by atoms with Gasteiger partial charge in [0.1, 0.15) is 6.54 Å². The molecule has 1 heterocycles. The highest BCUT2D eigenvalue weighted by Gasteiger charge is 2.26. The Balaban J connectivity index is 1.92. The van der Waals surface area contributed by atoms with E-state index in [1.54, 1.807) is 0 Å². The molecule has 1 nitrogen and oxygen atoms in total. The van der Waals surface area contributed by atoms with Crippen LogP contribution in [-0.2, 0) is 6.42 Å². The van der Waals surface area contributed by atoms with Gasteiger partial charge >= 0.3 is 0 Å². The van der Waals surface area contributed by atoms with E-state index in [1.165, 1.54) is 37.1 Å². The molecule has 0 spiro atoms. The summed E-state index contributed by atoms with van der Waals surface area (Å²) < 4.78 is 2.53. The Morgan fingerprint density at radius 1 is 1.31 bits per heavy atom. The van der Waals surface area contributed by atoms with Gasteiger partial charge in [0.15, 0.2) is 11.6 Å². The first-order valence-corrected chi connectivity index (χ1v) is 7.19. The van der Waals surface area contributed by atoms with Crippen LogP contribution in [0, 0.1) is 0 Å². The summed E-state index contributed by atoms with van der Waals surface area (Å²) in [6.07, 6.45) is 3.78. The number of thioether (sulfide) groups is 1. The minimum atomic E-state index is 0.707. The number of unbranched alkanes of at least 4 members (excludes halogenated alkanes) is 1. The molecule has 1 unspecified atom stereocenters. The maximum absolute atomic E-state index is 2.53. The average Bonchev–Trinajstić information content (AvgIpc) is 2.75. The summed E-state index contributed by atoms with van der Waals surface area (Å²) in [6.45, 7) is 3.48. The topological polar surface area (TPSA) is 3.01 Å². The molecule has 86 valence electrons. The first-order valence-electron chi connectivity index (χ1n) is 6.14. The Morgan fingerprint density at radius 2 is 2.12 bits per heavy atom. The Morgan fingerprint density at radius 3 is 2.88 bits per heavy atom. The van der Waals surface area contributed by atoms with Crippen LogP contribution in [0.2, 0.25) is 0 Å². The van der Waals surface area contributed by atoms with Crippen LogP contribution in [0.5, 0.6) is 0 Å². The van der Waals surface area contributed by atoms with Gasteiger partial charge in [0, 0.05) is 12.8 Å². The summed E-state index contributed by atoms with van der Waals surface area (Å²) >= 11 is 1.96. The Bertz CT molecular complexity index is 345. The minimum absolute atomic E-state index is 0.707. The first-order chi connectivity index (χ1) is 7.90. The lowest BCUT2D eigenvalue weighted by Crippen LogP contribution is -2.27. The van der Waals surface area contributed by atoms with E-state index in [-0.39, 0.29) is 0 Å². The summed E-state index contributed by atoms with van der Waals surface area (Å²) in [7, 11) is 0. The molecule has 1 aliphatic heterocycles. The highest BCUT2D eigenvalue weighted by atomic mass is 32.2. The lowest BCUT2D eigenvalue weighted by atomic mass is 10.1. The molecule has 0 saturated heterocycles. The molecule has 1 aliphatic rings. The van der Waals surface area contributed by atoms with Crippen molar-refractivity contribution >= 4 is 17.3 Å². The molecule has 0 radical (unpaired) electrons. The van der Waals surface area contributed by atoms with Crippen molar-refractivity contribution in [3.05, 3.63) is 35.9 Å².